The Hall–Kier alpha value is -2.31. The number of nitrogens with one attached hydrogen (secondary N) is 1. The molecule has 0 fully saturated rings. The van der Waals surface area contributed by atoms with Crippen molar-refractivity contribution in [1.82, 2.24) is 0 Å². The topological polar surface area (TPSA) is 70.3 Å². The molecule has 20 heavy (non-hydrogen) atoms. The molecule has 1 aromatic carbocycles. The van der Waals surface area contributed by atoms with Crippen molar-refractivity contribution >= 4 is 29.2 Å². The van der Waals surface area contributed by atoms with Gasteiger partial charge in [-0.05, 0) is 18.2 Å². The Morgan fingerprint density at radius 2 is 2.00 bits per heavy atom. The molecule has 1 rings (SSSR count). The van der Waals surface area contributed by atoms with Gasteiger partial charge >= 0.3 is 6.18 Å². The van der Waals surface area contributed by atoms with E-state index in [0.717, 1.165) is 25.3 Å². The molecule has 0 aromatic heterocycles. The molecule has 0 aliphatic rings. The molecule has 7 heteroatoms. The van der Waals surface area contributed by atoms with E-state index in [9.17, 15) is 22.8 Å². The average molecular weight is 284 g/mol. The van der Waals surface area contributed by atoms with E-state index in [-0.39, 0.29) is 12.1 Å². The smallest absolute Gasteiger partial charge is 0.294 e. The van der Waals surface area contributed by atoms with Crippen molar-refractivity contribution in [2.75, 3.05) is 0 Å². The minimum absolute atomic E-state index is 0.0435. The van der Waals surface area contributed by atoms with Crippen LogP contribution >= 0.6 is 0 Å². The number of hydrogen-bond donors (Lipinski definition) is 1. The molecule has 0 spiro atoms. The normalized spacial score (nSPS) is 11.6. The fourth-order valence-corrected chi connectivity index (χ4v) is 1.29. The van der Waals surface area contributed by atoms with E-state index in [0.29, 0.717) is 0 Å². The quantitative estimate of drug-likeness (QED) is 0.667. The summed E-state index contributed by atoms with van der Waals surface area (Å²) in [7, 11) is 0. The number of carbonyl (C=O) groups excluding carboxylic acids is 2. The van der Waals surface area contributed by atoms with E-state index in [1.807, 2.05) is 0 Å². The van der Waals surface area contributed by atoms with Gasteiger partial charge in [0.15, 0.2) is 11.6 Å². The number of halogens is 3. The summed E-state index contributed by atoms with van der Waals surface area (Å²) in [6.07, 6.45) is -3.69. The summed E-state index contributed by atoms with van der Waals surface area (Å²) < 4.78 is 37.3. The molecule has 0 saturated carbocycles. The predicted molar refractivity (Wildman–Crippen MR) is 67.6 cm³/mol. The summed E-state index contributed by atoms with van der Waals surface area (Å²) in [4.78, 5) is 25.8. The summed E-state index contributed by atoms with van der Waals surface area (Å²) in [6.45, 7) is 1.09. The lowest BCUT2D eigenvalue weighted by molar-refractivity contribution is -0.137. The fraction of sp³-hybridized carbons (Fsp3) is 0.231. The highest BCUT2D eigenvalue weighted by atomic mass is 19.4. The first-order valence-corrected chi connectivity index (χ1v) is 5.54. The molecule has 0 unspecified atom stereocenters. The molecule has 0 atom stereocenters. The minimum atomic E-state index is -4.46. The van der Waals surface area contributed by atoms with Crippen LogP contribution in [0.5, 0.6) is 0 Å². The Labute approximate surface area is 112 Å². The largest absolute Gasteiger partial charge is 0.416 e. The van der Waals surface area contributed by atoms with E-state index in [2.05, 4.69) is 4.99 Å². The number of rotatable bonds is 5. The van der Waals surface area contributed by atoms with Crippen molar-refractivity contribution < 1.29 is 22.8 Å². The number of nitrogens with zero attached hydrogens (tertiary/aromatic N) is 1. The molecular formula is C13H11F3N2O2. The maximum absolute atomic E-state index is 12.4. The molecule has 0 radical (unpaired) electrons. The maximum atomic E-state index is 12.4. The third-order valence-electron chi connectivity index (χ3n) is 2.32. The molecule has 0 amide bonds. The van der Waals surface area contributed by atoms with Crippen molar-refractivity contribution in [3.63, 3.8) is 0 Å². The third-order valence-corrected chi connectivity index (χ3v) is 2.32. The van der Waals surface area contributed by atoms with E-state index in [4.69, 9.17) is 5.41 Å². The lowest BCUT2D eigenvalue weighted by Gasteiger charge is -2.06. The van der Waals surface area contributed by atoms with Gasteiger partial charge < -0.3 is 0 Å². The van der Waals surface area contributed by atoms with Crippen LogP contribution in [0.3, 0.4) is 0 Å². The third kappa shape index (κ3) is 4.42. The molecule has 4 nitrogen and oxygen atoms in total. The van der Waals surface area contributed by atoms with Gasteiger partial charge in [0, 0.05) is 19.6 Å². The first kappa shape index (κ1) is 15.7. The van der Waals surface area contributed by atoms with Crippen LogP contribution in [0.15, 0.2) is 29.3 Å². The van der Waals surface area contributed by atoms with Gasteiger partial charge in [-0.25, -0.2) is 0 Å². The van der Waals surface area contributed by atoms with E-state index in [1.54, 1.807) is 0 Å². The lowest BCUT2D eigenvalue weighted by Crippen LogP contribution is -2.20. The van der Waals surface area contributed by atoms with Crippen molar-refractivity contribution in [3.8, 4) is 0 Å². The predicted octanol–water partition coefficient (Wildman–Crippen LogP) is 2.98. The lowest BCUT2D eigenvalue weighted by atomic mass is 10.1. The number of carbonyl (C=O) groups is 2. The molecule has 1 aromatic rings. The van der Waals surface area contributed by atoms with Crippen LogP contribution < -0.4 is 0 Å². The first-order chi connectivity index (χ1) is 9.21. The maximum Gasteiger partial charge on any atom is 0.416 e. The van der Waals surface area contributed by atoms with Gasteiger partial charge in [0.05, 0.1) is 11.3 Å². The van der Waals surface area contributed by atoms with Gasteiger partial charge in [0.1, 0.15) is 5.71 Å². The first-order valence-electron chi connectivity index (χ1n) is 5.54. The number of ketones is 2. The average Bonchev–Trinajstić information content (AvgIpc) is 2.37. The SMILES string of the molecule is CC(=O)C(=N)C(=O)CC=Nc1cccc(C(F)(F)F)c1. The van der Waals surface area contributed by atoms with Crippen LogP contribution in [0, 0.1) is 5.41 Å². The zero-order chi connectivity index (χ0) is 15.3. The van der Waals surface area contributed by atoms with Crippen LogP contribution in [0.2, 0.25) is 0 Å². The highest BCUT2D eigenvalue weighted by Gasteiger charge is 2.30. The molecule has 0 bridgehead atoms. The van der Waals surface area contributed by atoms with E-state index < -0.39 is 29.0 Å². The van der Waals surface area contributed by atoms with Crippen LogP contribution in [-0.2, 0) is 15.8 Å². The minimum Gasteiger partial charge on any atom is -0.294 e. The number of alkyl halides is 3. The Morgan fingerprint density at radius 1 is 1.35 bits per heavy atom. The summed E-state index contributed by atoms with van der Waals surface area (Å²) in [6, 6.07) is 4.31. The second kappa shape index (κ2) is 6.23. The second-order valence-electron chi connectivity index (χ2n) is 3.92. The zero-order valence-corrected chi connectivity index (χ0v) is 10.5. The molecular weight excluding hydrogens is 273 g/mol. The van der Waals surface area contributed by atoms with Gasteiger partial charge in [-0.15, -0.1) is 0 Å². The van der Waals surface area contributed by atoms with Crippen LogP contribution in [-0.4, -0.2) is 23.5 Å². The van der Waals surface area contributed by atoms with E-state index >= 15 is 0 Å². The van der Waals surface area contributed by atoms with Crippen LogP contribution in [0.25, 0.3) is 0 Å². The molecule has 0 saturated heterocycles. The van der Waals surface area contributed by atoms with Crippen molar-refractivity contribution in [2.24, 2.45) is 4.99 Å². The summed E-state index contributed by atoms with van der Waals surface area (Å²) in [5.74, 6) is -1.39. The Kier molecular flexibility index (Phi) is 4.90. The highest BCUT2D eigenvalue weighted by Crippen LogP contribution is 2.31. The number of Topliss-reactive ketones (excluding diaryl/α,β-unsaturated/α-hetero) is 2. The standard InChI is InChI=1S/C13H11F3N2O2/c1-8(19)12(17)11(20)5-6-18-10-4-2-3-9(7-10)13(14,15)16/h2-4,6-7,17H,5H2,1H3. The van der Waals surface area contributed by atoms with Gasteiger partial charge in [-0.2, -0.15) is 13.2 Å². The van der Waals surface area contributed by atoms with Gasteiger partial charge in [0.2, 0.25) is 0 Å². The molecule has 106 valence electrons. The molecule has 0 aliphatic heterocycles. The van der Waals surface area contributed by atoms with Crippen molar-refractivity contribution in [2.45, 2.75) is 19.5 Å². The fourth-order valence-electron chi connectivity index (χ4n) is 1.29. The van der Waals surface area contributed by atoms with Crippen LogP contribution in [0.4, 0.5) is 18.9 Å². The number of aliphatic imine (C=N–C) groups is 1. The second-order valence-corrected chi connectivity index (χ2v) is 3.92. The Balaban J connectivity index is 2.75. The molecule has 1 N–H and O–H groups in total. The van der Waals surface area contributed by atoms with Crippen molar-refractivity contribution in [3.05, 3.63) is 29.8 Å². The van der Waals surface area contributed by atoms with E-state index in [1.165, 1.54) is 12.1 Å². The Bertz CT molecular complexity index is 577. The van der Waals surface area contributed by atoms with Gasteiger partial charge in [-0.3, -0.25) is 20.0 Å². The van der Waals surface area contributed by atoms with Gasteiger partial charge in [-0.1, -0.05) is 6.07 Å². The summed E-state index contributed by atoms with van der Waals surface area (Å²) >= 11 is 0. The zero-order valence-electron chi connectivity index (χ0n) is 10.5. The molecule has 0 heterocycles. The van der Waals surface area contributed by atoms with Gasteiger partial charge in [0.25, 0.3) is 0 Å². The van der Waals surface area contributed by atoms with Crippen molar-refractivity contribution in [1.29, 1.82) is 5.41 Å². The molecule has 0 aliphatic carbocycles. The highest BCUT2D eigenvalue weighted by molar-refractivity contribution is 6.65. The Morgan fingerprint density at radius 3 is 2.55 bits per heavy atom. The monoisotopic (exact) mass is 284 g/mol. The number of hydrogen-bond acceptors (Lipinski definition) is 4. The summed E-state index contributed by atoms with van der Waals surface area (Å²) in [5.41, 5.74) is -1.45. The summed E-state index contributed by atoms with van der Waals surface area (Å²) in [5, 5.41) is 7.14. The van der Waals surface area contributed by atoms with Crippen LogP contribution in [0.1, 0.15) is 18.9 Å². The number of benzene rings is 1.